The monoisotopic (exact) mass is 197 g/mol. The summed E-state index contributed by atoms with van der Waals surface area (Å²) in [7, 11) is 0. The van der Waals surface area contributed by atoms with E-state index in [-0.39, 0.29) is 0 Å². The molecule has 0 N–H and O–H groups in total. The quantitative estimate of drug-likeness (QED) is 0.688. The van der Waals surface area contributed by atoms with Crippen LogP contribution in [0.1, 0.15) is 17.7 Å². The van der Waals surface area contributed by atoms with E-state index >= 15 is 0 Å². The van der Waals surface area contributed by atoms with E-state index in [9.17, 15) is 4.79 Å². The molecule has 0 bridgehead atoms. The van der Waals surface area contributed by atoms with E-state index in [0.717, 1.165) is 24.0 Å². The van der Waals surface area contributed by atoms with Crippen molar-refractivity contribution < 1.29 is 9.53 Å². The lowest BCUT2D eigenvalue weighted by Crippen LogP contribution is -2.32. The molecule has 3 nitrogen and oxygen atoms in total. The van der Waals surface area contributed by atoms with Crippen molar-refractivity contribution in [2.45, 2.75) is 24.9 Å². The molecule has 1 aliphatic heterocycles. The summed E-state index contributed by atoms with van der Waals surface area (Å²) in [6.45, 7) is 0.706. The Kier molecular flexibility index (Phi) is 2.42. The van der Waals surface area contributed by atoms with Crippen molar-refractivity contribution in [1.82, 2.24) is 4.98 Å². The highest BCUT2D eigenvalue weighted by molar-refractivity contribution is 7.09. The summed E-state index contributed by atoms with van der Waals surface area (Å²) in [5.74, 6) is 0. The maximum absolute atomic E-state index is 10.9. The minimum atomic E-state index is -0.549. The van der Waals surface area contributed by atoms with Gasteiger partial charge in [-0.25, -0.2) is 0 Å². The first-order chi connectivity index (χ1) is 6.35. The summed E-state index contributed by atoms with van der Waals surface area (Å²) in [6.07, 6.45) is 5.25. The van der Waals surface area contributed by atoms with E-state index in [1.165, 1.54) is 0 Å². The van der Waals surface area contributed by atoms with Crippen LogP contribution in [0.15, 0.2) is 11.7 Å². The van der Waals surface area contributed by atoms with Crippen LogP contribution in [0.3, 0.4) is 0 Å². The first-order valence-electron chi connectivity index (χ1n) is 4.32. The van der Waals surface area contributed by atoms with Crippen molar-refractivity contribution in [3.05, 3.63) is 16.6 Å². The SMILES string of the molecule is O=CC1(Cc2cncs2)CCCO1. The fraction of sp³-hybridized carbons (Fsp3) is 0.556. The van der Waals surface area contributed by atoms with E-state index in [4.69, 9.17) is 4.74 Å². The molecule has 0 amide bonds. The average Bonchev–Trinajstić information content (AvgIpc) is 2.77. The van der Waals surface area contributed by atoms with Crippen LogP contribution >= 0.6 is 11.3 Å². The Hall–Kier alpha value is -0.740. The highest BCUT2D eigenvalue weighted by atomic mass is 32.1. The van der Waals surface area contributed by atoms with Gasteiger partial charge in [0.2, 0.25) is 0 Å². The van der Waals surface area contributed by atoms with Crippen molar-refractivity contribution in [3.8, 4) is 0 Å². The second kappa shape index (κ2) is 3.55. The molecular formula is C9H11NO2S. The zero-order chi connectivity index (χ0) is 9.15. The molecule has 1 saturated heterocycles. The summed E-state index contributed by atoms with van der Waals surface area (Å²) in [4.78, 5) is 16.0. The lowest BCUT2D eigenvalue weighted by molar-refractivity contribution is -0.125. The molecule has 1 unspecified atom stereocenters. The number of thiazole rings is 1. The van der Waals surface area contributed by atoms with Crippen molar-refractivity contribution >= 4 is 17.6 Å². The van der Waals surface area contributed by atoms with Crippen molar-refractivity contribution in [3.63, 3.8) is 0 Å². The van der Waals surface area contributed by atoms with Gasteiger partial charge in [-0.05, 0) is 12.8 Å². The third-order valence-corrected chi connectivity index (χ3v) is 3.09. The van der Waals surface area contributed by atoms with Gasteiger partial charge in [-0.15, -0.1) is 11.3 Å². The Morgan fingerprint density at radius 2 is 2.69 bits per heavy atom. The molecule has 0 radical (unpaired) electrons. The molecule has 2 rings (SSSR count). The van der Waals surface area contributed by atoms with Gasteiger partial charge in [-0.3, -0.25) is 4.98 Å². The summed E-state index contributed by atoms with van der Waals surface area (Å²) in [6, 6.07) is 0. The van der Waals surface area contributed by atoms with Crippen LogP contribution in [-0.2, 0) is 16.0 Å². The molecule has 4 heteroatoms. The molecule has 1 atom stereocenters. The Morgan fingerprint density at radius 3 is 3.23 bits per heavy atom. The van der Waals surface area contributed by atoms with Gasteiger partial charge >= 0.3 is 0 Å². The smallest absolute Gasteiger partial charge is 0.152 e. The minimum absolute atomic E-state index is 0.549. The molecule has 1 aromatic heterocycles. The van der Waals surface area contributed by atoms with Crippen molar-refractivity contribution in [2.75, 3.05) is 6.61 Å². The normalized spacial score (nSPS) is 27.7. The Bertz CT molecular complexity index is 278. The lowest BCUT2D eigenvalue weighted by atomic mass is 9.97. The van der Waals surface area contributed by atoms with Crippen LogP contribution in [0.5, 0.6) is 0 Å². The number of hydrogen-bond acceptors (Lipinski definition) is 4. The standard InChI is InChI=1S/C9H11NO2S/c11-6-9(2-1-3-12-9)4-8-5-10-7-13-8/h5-7H,1-4H2. The maximum Gasteiger partial charge on any atom is 0.152 e. The van der Waals surface area contributed by atoms with Gasteiger partial charge in [0.05, 0.1) is 5.51 Å². The molecule has 0 aliphatic carbocycles. The highest BCUT2D eigenvalue weighted by Gasteiger charge is 2.35. The molecule has 0 spiro atoms. The van der Waals surface area contributed by atoms with E-state index in [0.29, 0.717) is 13.0 Å². The van der Waals surface area contributed by atoms with Crippen LogP contribution in [0, 0.1) is 0 Å². The molecule has 1 aliphatic rings. The van der Waals surface area contributed by atoms with Crippen molar-refractivity contribution in [2.24, 2.45) is 0 Å². The zero-order valence-electron chi connectivity index (χ0n) is 7.23. The van der Waals surface area contributed by atoms with Crippen LogP contribution in [0.2, 0.25) is 0 Å². The lowest BCUT2D eigenvalue weighted by Gasteiger charge is -2.19. The summed E-state index contributed by atoms with van der Waals surface area (Å²) >= 11 is 1.57. The molecule has 1 fully saturated rings. The van der Waals surface area contributed by atoms with Crippen LogP contribution in [0.25, 0.3) is 0 Å². The number of hydrogen-bond donors (Lipinski definition) is 0. The van der Waals surface area contributed by atoms with Gasteiger partial charge in [0.25, 0.3) is 0 Å². The fourth-order valence-electron chi connectivity index (χ4n) is 1.62. The Morgan fingerprint density at radius 1 is 1.77 bits per heavy atom. The number of aldehydes is 1. The topological polar surface area (TPSA) is 39.2 Å². The number of nitrogens with zero attached hydrogens (tertiary/aromatic N) is 1. The summed E-state index contributed by atoms with van der Waals surface area (Å²) in [5.41, 5.74) is 1.23. The summed E-state index contributed by atoms with van der Waals surface area (Å²) in [5, 5.41) is 0. The largest absolute Gasteiger partial charge is 0.367 e. The number of ether oxygens (including phenoxy) is 1. The van der Waals surface area contributed by atoms with E-state index < -0.39 is 5.60 Å². The maximum atomic E-state index is 10.9. The molecule has 1 aromatic rings. The molecular weight excluding hydrogens is 186 g/mol. The predicted octanol–water partition coefficient (Wildman–Crippen LogP) is 1.43. The number of rotatable bonds is 3. The molecule has 0 saturated carbocycles. The second-order valence-corrected chi connectivity index (χ2v) is 4.25. The zero-order valence-corrected chi connectivity index (χ0v) is 8.05. The van der Waals surface area contributed by atoms with Gasteiger partial charge in [-0.2, -0.15) is 0 Å². The van der Waals surface area contributed by atoms with Gasteiger partial charge in [0.1, 0.15) is 5.60 Å². The van der Waals surface area contributed by atoms with Crippen LogP contribution < -0.4 is 0 Å². The highest BCUT2D eigenvalue weighted by Crippen LogP contribution is 2.28. The van der Waals surface area contributed by atoms with Gasteiger partial charge in [0, 0.05) is 24.1 Å². The summed E-state index contributed by atoms with van der Waals surface area (Å²) < 4.78 is 5.47. The number of aromatic nitrogens is 1. The number of carbonyl (C=O) groups excluding carboxylic acids is 1. The number of carbonyl (C=O) groups is 1. The first kappa shape index (κ1) is 8.84. The Balaban J connectivity index is 2.10. The van der Waals surface area contributed by atoms with Crippen molar-refractivity contribution in [1.29, 1.82) is 0 Å². The molecule has 2 heterocycles. The molecule has 0 aromatic carbocycles. The van der Waals surface area contributed by atoms with Crippen LogP contribution in [-0.4, -0.2) is 23.5 Å². The van der Waals surface area contributed by atoms with E-state index in [1.807, 2.05) is 0 Å². The second-order valence-electron chi connectivity index (χ2n) is 3.28. The van der Waals surface area contributed by atoms with Crippen LogP contribution in [0.4, 0.5) is 0 Å². The predicted molar refractivity (Wildman–Crippen MR) is 49.8 cm³/mol. The molecule has 70 valence electrons. The molecule has 13 heavy (non-hydrogen) atoms. The third-order valence-electron chi connectivity index (χ3n) is 2.31. The van der Waals surface area contributed by atoms with Gasteiger partial charge in [0.15, 0.2) is 6.29 Å². The van der Waals surface area contributed by atoms with Gasteiger partial charge < -0.3 is 9.53 Å². The van der Waals surface area contributed by atoms with Gasteiger partial charge in [-0.1, -0.05) is 0 Å². The first-order valence-corrected chi connectivity index (χ1v) is 5.20. The fourth-order valence-corrected chi connectivity index (χ4v) is 2.32. The van der Waals surface area contributed by atoms with E-state index in [2.05, 4.69) is 4.98 Å². The third kappa shape index (κ3) is 1.78. The average molecular weight is 197 g/mol. The Labute approximate surface area is 80.8 Å². The minimum Gasteiger partial charge on any atom is -0.367 e. The van der Waals surface area contributed by atoms with E-state index in [1.54, 1.807) is 23.0 Å².